The third-order valence-electron chi connectivity index (χ3n) is 6.93. The monoisotopic (exact) mass is 474 g/mol. The maximum absolute atomic E-state index is 13.7. The molecule has 36 heavy (non-hydrogen) atoms. The predicted octanol–water partition coefficient (Wildman–Crippen LogP) is 6.23. The molecule has 4 aromatic carbocycles. The van der Waals surface area contributed by atoms with Gasteiger partial charge in [-0.1, -0.05) is 91.0 Å². The molecular weight excluding hydrogens is 448 g/mol. The van der Waals surface area contributed by atoms with Gasteiger partial charge in [0.2, 0.25) is 5.78 Å². The molecule has 0 spiro atoms. The number of Topliss-reactive ketones (excluding diaryl/α,β-unsaturated/α-hetero) is 1. The van der Waals surface area contributed by atoms with Crippen molar-refractivity contribution < 1.29 is 14.3 Å². The topological polar surface area (TPSA) is 51.1 Å². The number of para-hydroxylation sites is 1. The highest BCUT2D eigenvalue weighted by molar-refractivity contribution is 6.02. The van der Waals surface area contributed by atoms with Gasteiger partial charge in [-0.15, -0.1) is 0 Å². The maximum Gasteiger partial charge on any atom is 0.205 e. The van der Waals surface area contributed by atoms with Crippen LogP contribution < -0.4 is 9.47 Å². The average Bonchev–Trinajstić information content (AvgIpc) is 3.55. The van der Waals surface area contributed by atoms with E-state index in [1.165, 1.54) is 0 Å². The van der Waals surface area contributed by atoms with E-state index in [1.807, 2.05) is 84.9 Å². The van der Waals surface area contributed by atoms with E-state index in [9.17, 15) is 4.79 Å². The summed E-state index contributed by atoms with van der Waals surface area (Å²) in [5.74, 6) is 1.49. The zero-order chi connectivity index (χ0) is 24.5. The molecule has 0 aromatic heterocycles. The van der Waals surface area contributed by atoms with Gasteiger partial charge in [-0.3, -0.25) is 9.80 Å². The van der Waals surface area contributed by atoms with E-state index in [0.717, 1.165) is 40.3 Å². The first-order valence-corrected chi connectivity index (χ1v) is 12.1. The van der Waals surface area contributed by atoms with E-state index in [4.69, 9.17) is 14.6 Å². The Kier molecular flexibility index (Phi) is 5.74. The minimum Gasteiger partial charge on any atom is -0.497 e. The minimum atomic E-state index is -0.704. The molecule has 5 heteroatoms. The normalized spacial score (nSPS) is 20.4. The summed E-state index contributed by atoms with van der Waals surface area (Å²) in [5, 5.41) is 7.24. The second-order valence-electron chi connectivity index (χ2n) is 9.04. The predicted molar refractivity (Wildman–Crippen MR) is 140 cm³/mol. The van der Waals surface area contributed by atoms with E-state index in [-0.39, 0.29) is 17.9 Å². The van der Waals surface area contributed by atoms with Crippen LogP contribution in [-0.4, -0.2) is 29.7 Å². The van der Waals surface area contributed by atoms with Gasteiger partial charge in [0.1, 0.15) is 17.5 Å². The van der Waals surface area contributed by atoms with E-state index in [0.29, 0.717) is 5.56 Å². The Balaban J connectivity index is 1.46. The third kappa shape index (κ3) is 3.93. The van der Waals surface area contributed by atoms with Crippen molar-refractivity contribution in [3.63, 3.8) is 0 Å². The Labute approximate surface area is 210 Å². The third-order valence-corrected chi connectivity index (χ3v) is 6.93. The molecule has 2 aliphatic rings. The van der Waals surface area contributed by atoms with Crippen LogP contribution in [0.1, 0.15) is 45.6 Å². The number of hydrogen-bond donors (Lipinski definition) is 0. The number of rotatable bonds is 6. The van der Waals surface area contributed by atoms with Crippen molar-refractivity contribution in [2.45, 2.75) is 24.6 Å². The maximum atomic E-state index is 13.7. The fourth-order valence-electron chi connectivity index (χ4n) is 5.13. The van der Waals surface area contributed by atoms with Crippen molar-refractivity contribution in [3.8, 4) is 11.5 Å². The zero-order valence-corrected chi connectivity index (χ0v) is 20.0. The van der Waals surface area contributed by atoms with Gasteiger partial charge in [0.25, 0.3) is 0 Å². The van der Waals surface area contributed by atoms with E-state index in [1.54, 1.807) is 7.11 Å². The molecule has 0 fully saturated rings. The van der Waals surface area contributed by atoms with Crippen LogP contribution in [0.3, 0.4) is 0 Å². The number of ether oxygens (including phenoxy) is 2. The van der Waals surface area contributed by atoms with Crippen LogP contribution in [0.15, 0.2) is 114 Å². The molecule has 2 aliphatic heterocycles. The number of nitrogens with zero attached hydrogens (tertiary/aromatic N) is 2. The minimum absolute atomic E-state index is 0.0476. The van der Waals surface area contributed by atoms with Gasteiger partial charge in [-0.05, 0) is 29.3 Å². The first kappa shape index (κ1) is 22.1. The molecular formula is C31H26N2O3. The summed E-state index contributed by atoms with van der Waals surface area (Å²) < 4.78 is 11.7. The molecule has 5 nitrogen and oxygen atoms in total. The van der Waals surface area contributed by atoms with Gasteiger partial charge < -0.3 is 9.47 Å². The molecule has 0 bridgehead atoms. The molecule has 0 saturated carbocycles. The van der Waals surface area contributed by atoms with Crippen LogP contribution in [0.5, 0.6) is 11.5 Å². The molecule has 0 N–H and O–H groups in total. The number of hydrogen-bond acceptors (Lipinski definition) is 5. The first-order valence-electron chi connectivity index (χ1n) is 12.1. The van der Waals surface area contributed by atoms with Crippen LogP contribution in [0.25, 0.3) is 0 Å². The van der Waals surface area contributed by atoms with E-state index < -0.39 is 6.10 Å². The summed E-state index contributed by atoms with van der Waals surface area (Å²) in [4.78, 5) is 13.7. The van der Waals surface area contributed by atoms with Crippen molar-refractivity contribution in [2.24, 2.45) is 5.10 Å². The Morgan fingerprint density at radius 2 is 1.53 bits per heavy atom. The Hall–Kier alpha value is -4.38. The summed E-state index contributed by atoms with van der Waals surface area (Å²) >= 11 is 0. The molecule has 2 heterocycles. The van der Waals surface area contributed by atoms with Crippen molar-refractivity contribution in [1.29, 1.82) is 0 Å². The smallest absolute Gasteiger partial charge is 0.205 e. The highest BCUT2D eigenvalue weighted by atomic mass is 16.5. The van der Waals surface area contributed by atoms with Crippen LogP contribution >= 0.6 is 0 Å². The number of carbonyl (C=O) groups is 1. The van der Waals surface area contributed by atoms with Crippen molar-refractivity contribution in [3.05, 3.63) is 131 Å². The van der Waals surface area contributed by atoms with E-state index >= 15 is 0 Å². The summed E-state index contributed by atoms with van der Waals surface area (Å²) in [6, 6.07) is 35.2. The van der Waals surface area contributed by atoms with Gasteiger partial charge >= 0.3 is 0 Å². The lowest BCUT2D eigenvalue weighted by molar-refractivity contribution is 0.0538. The average molecular weight is 475 g/mol. The highest BCUT2D eigenvalue weighted by Gasteiger charge is 2.47. The lowest BCUT2D eigenvalue weighted by Crippen LogP contribution is -2.38. The lowest BCUT2D eigenvalue weighted by atomic mass is 9.93. The van der Waals surface area contributed by atoms with Gasteiger partial charge in [-0.2, -0.15) is 5.10 Å². The largest absolute Gasteiger partial charge is 0.497 e. The van der Waals surface area contributed by atoms with Gasteiger partial charge in [-0.25, -0.2) is 0 Å². The van der Waals surface area contributed by atoms with Gasteiger partial charge in [0.05, 0.1) is 18.9 Å². The standard InChI is InChI=1S/C31H26N2O3/c1-35-24-18-16-22(17-19-24)27-20-26(21-10-4-2-5-11-21)32-33(27)29-25-14-8-9-15-28(25)36-31(29)30(34)23-12-6-3-7-13-23/h2-19,27,29,31H,20H2,1H3. The quantitative estimate of drug-likeness (QED) is 0.311. The van der Waals surface area contributed by atoms with E-state index in [2.05, 4.69) is 29.3 Å². The Bertz CT molecular complexity index is 1400. The Morgan fingerprint density at radius 3 is 2.25 bits per heavy atom. The number of hydrazone groups is 1. The van der Waals surface area contributed by atoms with Crippen LogP contribution in [0.2, 0.25) is 0 Å². The first-order chi connectivity index (χ1) is 17.7. The van der Waals surface area contributed by atoms with Gasteiger partial charge in [0, 0.05) is 17.5 Å². The fourth-order valence-corrected chi connectivity index (χ4v) is 5.13. The Morgan fingerprint density at radius 1 is 0.861 bits per heavy atom. The van der Waals surface area contributed by atoms with Crippen LogP contribution in [0.4, 0.5) is 0 Å². The summed E-state index contributed by atoms with van der Waals surface area (Å²) in [6.45, 7) is 0. The molecule has 0 radical (unpaired) electrons. The second kappa shape index (κ2) is 9.34. The molecule has 0 amide bonds. The van der Waals surface area contributed by atoms with Crippen LogP contribution in [-0.2, 0) is 0 Å². The SMILES string of the molecule is COc1ccc(C2CC(c3ccccc3)=NN2C2c3ccccc3OC2C(=O)c2ccccc2)cc1. The summed E-state index contributed by atoms with van der Waals surface area (Å²) in [5.41, 5.74) is 4.79. The summed E-state index contributed by atoms with van der Waals surface area (Å²) in [7, 11) is 1.67. The molecule has 0 aliphatic carbocycles. The molecule has 178 valence electrons. The van der Waals surface area contributed by atoms with Crippen molar-refractivity contribution in [1.82, 2.24) is 5.01 Å². The van der Waals surface area contributed by atoms with Crippen molar-refractivity contribution >= 4 is 11.5 Å². The lowest BCUT2D eigenvalue weighted by Gasteiger charge is -2.32. The number of methoxy groups -OCH3 is 1. The fraction of sp³-hybridized carbons (Fsp3) is 0.161. The molecule has 0 saturated heterocycles. The number of benzene rings is 4. The van der Waals surface area contributed by atoms with Gasteiger partial charge in [0.15, 0.2) is 6.10 Å². The molecule has 3 atom stereocenters. The zero-order valence-electron chi connectivity index (χ0n) is 20.0. The highest BCUT2D eigenvalue weighted by Crippen LogP contribution is 2.48. The molecule has 3 unspecified atom stereocenters. The molecule has 6 rings (SSSR count). The van der Waals surface area contributed by atoms with Crippen LogP contribution in [0, 0.1) is 0 Å². The van der Waals surface area contributed by atoms with Crippen molar-refractivity contribution in [2.75, 3.05) is 7.11 Å². The number of carbonyl (C=O) groups excluding carboxylic acids is 1. The molecule has 4 aromatic rings. The number of ketones is 1. The second-order valence-corrected chi connectivity index (χ2v) is 9.04. The number of fused-ring (bicyclic) bond motifs is 1. The summed E-state index contributed by atoms with van der Waals surface area (Å²) in [6.07, 6.45) is 0.0192.